The van der Waals surface area contributed by atoms with Crippen LogP contribution in [0, 0.1) is 6.92 Å². The highest BCUT2D eigenvalue weighted by atomic mass is 32.1. The van der Waals surface area contributed by atoms with Crippen LogP contribution >= 0.6 is 11.3 Å². The molecule has 1 amide bonds. The van der Waals surface area contributed by atoms with Crippen LogP contribution in [0.3, 0.4) is 0 Å². The fourth-order valence-electron chi connectivity index (χ4n) is 4.20. The average Bonchev–Trinajstić information content (AvgIpc) is 3.13. The van der Waals surface area contributed by atoms with Crippen LogP contribution in [0.15, 0.2) is 48.5 Å². The SMILES string of the molecule is Cc1cccc2c1-c1sc(C(=O)N[C@@H]3CCCc4ccccc43)cc1CO2. The Kier molecular flexibility index (Phi) is 4.01. The number of hydrogen-bond donors (Lipinski definition) is 1. The van der Waals surface area contributed by atoms with E-state index in [1.165, 1.54) is 21.6 Å². The van der Waals surface area contributed by atoms with E-state index in [0.717, 1.165) is 41.0 Å². The molecule has 0 saturated carbocycles. The predicted molar refractivity (Wildman–Crippen MR) is 108 cm³/mol. The molecule has 0 unspecified atom stereocenters. The monoisotopic (exact) mass is 375 g/mol. The molecule has 2 heterocycles. The van der Waals surface area contributed by atoms with Crippen LogP contribution in [-0.2, 0) is 13.0 Å². The Labute approximate surface area is 163 Å². The number of ether oxygens (including phenoxy) is 1. The summed E-state index contributed by atoms with van der Waals surface area (Å²) in [5.74, 6) is 0.934. The Morgan fingerprint density at radius 3 is 2.96 bits per heavy atom. The van der Waals surface area contributed by atoms with E-state index < -0.39 is 0 Å². The first-order chi connectivity index (χ1) is 13.2. The Balaban J connectivity index is 1.44. The average molecular weight is 375 g/mol. The van der Waals surface area contributed by atoms with Gasteiger partial charge in [-0.05, 0) is 55.0 Å². The van der Waals surface area contributed by atoms with Crippen LogP contribution < -0.4 is 10.1 Å². The van der Waals surface area contributed by atoms with Crippen molar-refractivity contribution in [2.75, 3.05) is 0 Å². The van der Waals surface area contributed by atoms with Crippen molar-refractivity contribution in [3.8, 4) is 16.2 Å². The van der Waals surface area contributed by atoms with Gasteiger partial charge in [-0.15, -0.1) is 11.3 Å². The summed E-state index contributed by atoms with van der Waals surface area (Å²) < 4.78 is 5.90. The van der Waals surface area contributed by atoms with E-state index in [1.54, 1.807) is 11.3 Å². The van der Waals surface area contributed by atoms with Crippen molar-refractivity contribution in [3.05, 3.63) is 75.7 Å². The number of carbonyl (C=O) groups excluding carboxylic acids is 1. The first kappa shape index (κ1) is 16.6. The molecule has 3 nitrogen and oxygen atoms in total. The lowest BCUT2D eigenvalue weighted by Crippen LogP contribution is -2.30. The normalized spacial score (nSPS) is 17.3. The van der Waals surface area contributed by atoms with Gasteiger partial charge in [0, 0.05) is 16.0 Å². The minimum atomic E-state index is 0.0197. The van der Waals surface area contributed by atoms with Gasteiger partial charge in [-0.25, -0.2) is 0 Å². The number of hydrogen-bond acceptors (Lipinski definition) is 3. The minimum absolute atomic E-state index is 0.0197. The van der Waals surface area contributed by atoms with Gasteiger partial charge in [0.2, 0.25) is 0 Å². The van der Waals surface area contributed by atoms with E-state index in [2.05, 4.69) is 42.6 Å². The van der Waals surface area contributed by atoms with Crippen molar-refractivity contribution >= 4 is 17.2 Å². The quantitative estimate of drug-likeness (QED) is 0.649. The molecule has 0 radical (unpaired) electrons. The number of aryl methyl sites for hydroxylation is 2. The summed E-state index contributed by atoms with van der Waals surface area (Å²) in [6.45, 7) is 2.62. The van der Waals surface area contributed by atoms with Crippen LogP contribution in [0.25, 0.3) is 10.4 Å². The molecule has 1 aliphatic heterocycles. The van der Waals surface area contributed by atoms with E-state index >= 15 is 0 Å². The van der Waals surface area contributed by atoms with Gasteiger partial charge >= 0.3 is 0 Å². The molecule has 0 bridgehead atoms. The molecule has 3 aromatic rings. The fourth-order valence-corrected chi connectivity index (χ4v) is 5.39. The van der Waals surface area contributed by atoms with Crippen LogP contribution in [0.1, 0.15) is 50.8 Å². The van der Waals surface area contributed by atoms with Crippen LogP contribution in [0.2, 0.25) is 0 Å². The molecule has 0 spiro atoms. The molecule has 27 heavy (non-hydrogen) atoms. The van der Waals surface area contributed by atoms with Gasteiger partial charge in [-0.3, -0.25) is 4.79 Å². The van der Waals surface area contributed by atoms with E-state index in [-0.39, 0.29) is 11.9 Å². The summed E-state index contributed by atoms with van der Waals surface area (Å²) in [6.07, 6.45) is 3.21. The number of thiophene rings is 1. The fraction of sp³-hybridized carbons (Fsp3) is 0.261. The van der Waals surface area contributed by atoms with E-state index in [0.29, 0.717) is 6.61 Å². The zero-order chi connectivity index (χ0) is 18.4. The molecule has 2 aromatic carbocycles. The van der Waals surface area contributed by atoms with Crippen molar-refractivity contribution in [3.63, 3.8) is 0 Å². The van der Waals surface area contributed by atoms with Gasteiger partial charge in [-0.2, -0.15) is 0 Å². The van der Waals surface area contributed by atoms with Crippen LogP contribution in [0.5, 0.6) is 5.75 Å². The summed E-state index contributed by atoms with van der Waals surface area (Å²) in [6, 6.07) is 16.7. The molecule has 1 N–H and O–H groups in total. The topological polar surface area (TPSA) is 38.3 Å². The third-order valence-corrected chi connectivity index (χ3v) is 6.75. The third-order valence-electron chi connectivity index (χ3n) is 5.55. The smallest absolute Gasteiger partial charge is 0.261 e. The van der Waals surface area contributed by atoms with Gasteiger partial charge in [-0.1, -0.05) is 36.4 Å². The van der Waals surface area contributed by atoms with E-state index in [1.807, 2.05) is 18.2 Å². The number of rotatable bonds is 2. The molecule has 1 aliphatic carbocycles. The van der Waals surface area contributed by atoms with E-state index in [4.69, 9.17) is 4.74 Å². The summed E-state index contributed by atoms with van der Waals surface area (Å²) >= 11 is 1.58. The highest BCUT2D eigenvalue weighted by Gasteiger charge is 2.26. The zero-order valence-corrected chi connectivity index (χ0v) is 16.1. The number of nitrogens with one attached hydrogen (secondary N) is 1. The number of benzene rings is 2. The van der Waals surface area contributed by atoms with Crippen LogP contribution in [0.4, 0.5) is 0 Å². The van der Waals surface area contributed by atoms with Crippen molar-refractivity contribution < 1.29 is 9.53 Å². The molecule has 1 atom stereocenters. The first-order valence-corrected chi connectivity index (χ1v) is 10.3. The van der Waals surface area contributed by atoms with Gasteiger partial charge in [0.15, 0.2) is 0 Å². The largest absolute Gasteiger partial charge is 0.488 e. The van der Waals surface area contributed by atoms with Gasteiger partial charge in [0.1, 0.15) is 12.4 Å². The molecular weight excluding hydrogens is 354 g/mol. The Morgan fingerprint density at radius 2 is 2.04 bits per heavy atom. The van der Waals surface area contributed by atoms with Crippen molar-refractivity contribution in [1.82, 2.24) is 5.32 Å². The first-order valence-electron chi connectivity index (χ1n) is 9.45. The molecule has 0 saturated heterocycles. The molecule has 5 rings (SSSR count). The lowest BCUT2D eigenvalue weighted by Gasteiger charge is -2.26. The minimum Gasteiger partial charge on any atom is -0.488 e. The summed E-state index contributed by atoms with van der Waals surface area (Å²) in [5, 5.41) is 3.27. The second-order valence-corrected chi connectivity index (χ2v) is 8.37. The maximum atomic E-state index is 13.0. The lowest BCUT2D eigenvalue weighted by atomic mass is 9.88. The number of carbonyl (C=O) groups is 1. The van der Waals surface area contributed by atoms with Crippen LogP contribution in [-0.4, -0.2) is 5.91 Å². The maximum Gasteiger partial charge on any atom is 0.261 e. The molecule has 1 aromatic heterocycles. The molecular formula is C23H21NO2S. The second kappa shape index (κ2) is 6.54. The lowest BCUT2D eigenvalue weighted by molar-refractivity contribution is 0.0937. The van der Waals surface area contributed by atoms with E-state index in [9.17, 15) is 4.79 Å². The molecule has 136 valence electrons. The van der Waals surface area contributed by atoms with Gasteiger partial charge < -0.3 is 10.1 Å². The number of fused-ring (bicyclic) bond motifs is 4. The highest BCUT2D eigenvalue weighted by Crippen LogP contribution is 2.44. The van der Waals surface area contributed by atoms with Gasteiger partial charge in [0.05, 0.1) is 10.9 Å². The zero-order valence-electron chi connectivity index (χ0n) is 15.2. The maximum absolute atomic E-state index is 13.0. The Hall–Kier alpha value is -2.59. The number of amides is 1. The summed E-state index contributed by atoms with van der Waals surface area (Å²) in [4.78, 5) is 14.9. The molecule has 0 fully saturated rings. The standard InChI is InChI=1S/C23H21NO2S/c1-14-6-4-11-19-21(14)22-16(13-26-19)12-20(27-22)23(25)24-18-10-5-8-15-7-2-3-9-17(15)18/h2-4,6-7,9,11-12,18H,5,8,10,13H2,1H3,(H,24,25)/t18-/m1/s1. The van der Waals surface area contributed by atoms with Crippen molar-refractivity contribution in [2.45, 2.75) is 38.8 Å². The molecule has 4 heteroatoms. The Morgan fingerprint density at radius 1 is 1.15 bits per heavy atom. The summed E-state index contributed by atoms with van der Waals surface area (Å²) in [7, 11) is 0. The van der Waals surface area contributed by atoms with Crippen molar-refractivity contribution in [1.29, 1.82) is 0 Å². The molecule has 2 aliphatic rings. The van der Waals surface area contributed by atoms with Crippen molar-refractivity contribution in [2.24, 2.45) is 0 Å². The Bertz CT molecular complexity index is 1040. The third kappa shape index (κ3) is 2.85. The second-order valence-electron chi connectivity index (χ2n) is 7.32. The summed E-state index contributed by atoms with van der Waals surface area (Å²) in [5.41, 5.74) is 6.05. The highest BCUT2D eigenvalue weighted by molar-refractivity contribution is 7.17. The van der Waals surface area contributed by atoms with Gasteiger partial charge in [0.25, 0.3) is 5.91 Å². The predicted octanol–water partition coefficient (Wildman–Crippen LogP) is 5.42.